The molecule has 0 spiro atoms. The van der Waals surface area contributed by atoms with E-state index in [1.165, 1.54) is 17.0 Å². The van der Waals surface area contributed by atoms with Crippen LogP contribution in [0, 0.1) is 0 Å². The second-order valence-corrected chi connectivity index (χ2v) is 4.87. The number of carbonyl (C=O) groups is 1. The van der Waals surface area contributed by atoms with Gasteiger partial charge in [-0.1, -0.05) is 0 Å². The fraction of sp³-hybridized carbons (Fsp3) is 0.455. The maximum absolute atomic E-state index is 11.7. The molecule has 0 atom stereocenters. The minimum absolute atomic E-state index is 0.275. The lowest BCUT2D eigenvalue weighted by atomic mass is 10.3. The van der Waals surface area contributed by atoms with Crippen molar-refractivity contribution in [1.82, 2.24) is 9.38 Å². The van der Waals surface area contributed by atoms with Crippen LogP contribution in [0.2, 0.25) is 0 Å². The zero-order chi connectivity index (χ0) is 11.1. The van der Waals surface area contributed by atoms with E-state index in [1.54, 1.807) is 17.5 Å². The summed E-state index contributed by atoms with van der Waals surface area (Å²) in [6.45, 7) is 2.21. The monoisotopic (exact) mass is 236 g/mol. The van der Waals surface area contributed by atoms with Crippen molar-refractivity contribution in [2.75, 3.05) is 6.61 Å². The van der Waals surface area contributed by atoms with Gasteiger partial charge in [-0.3, -0.25) is 4.40 Å². The van der Waals surface area contributed by atoms with Crippen molar-refractivity contribution < 1.29 is 9.53 Å². The highest BCUT2D eigenvalue weighted by molar-refractivity contribution is 7.17. The Balaban J connectivity index is 2.15. The Hall–Kier alpha value is -1.36. The number of hydrogen-bond donors (Lipinski definition) is 0. The van der Waals surface area contributed by atoms with Crippen molar-refractivity contribution in [2.45, 2.75) is 26.2 Å². The lowest BCUT2D eigenvalue weighted by molar-refractivity contribution is 0.0518. The van der Waals surface area contributed by atoms with Crippen LogP contribution in [0.3, 0.4) is 0 Å². The second-order valence-electron chi connectivity index (χ2n) is 3.81. The number of nitrogens with zero attached hydrogens (tertiary/aromatic N) is 2. The molecular weight excluding hydrogens is 224 g/mol. The SMILES string of the molecule is CCOC(=O)c1cnc2sc3c(n12)CCC3. The number of esters is 1. The third-order valence-corrected chi connectivity index (χ3v) is 3.99. The minimum atomic E-state index is -0.275. The largest absolute Gasteiger partial charge is 0.461 e. The van der Waals surface area contributed by atoms with Crippen LogP contribution >= 0.6 is 11.3 Å². The van der Waals surface area contributed by atoms with E-state index in [-0.39, 0.29) is 5.97 Å². The van der Waals surface area contributed by atoms with Gasteiger partial charge in [0, 0.05) is 10.6 Å². The summed E-state index contributed by atoms with van der Waals surface area (Å²) in [6, 6.07) is 0. The van der Waals surface area contributed by atoms with E-state index in [9.17, 15) is 4.79 Å². The molecule has 0 radical (unpaired) electrons. The van der Waals surface area contributed by atoms with E-state index in [0.717, 1.165) is 17.8 Å². The molecular formula is C11H12N2O2S. The molecule has 2 aromatic rings. The van der Waals surface area contributed by atoms with Crippen LogP contribution in [0.5, 0.6) is 0 Å². The van der Waals surface area contributed by atoms with Gasteiger partial charge in [-0.2, -0.15) is 0 Å². The normalized spacial score (nSPS) is 14.3. The van der Waals surface area contributed by atoms with Crippen LogP contribution in [-0.2, 0) is 17.6 Å². The standard InChI is InChI=1S/C11H12N2O2S/c1-2-15-10(14)8-6-12-11-13(8)7-4-3-5-9(7)16-11/h6H,2-5H2,1H3. The van der Waals surface area contributed by atoms with Crippen molar-refractivity contribution in [3.8, 4) is 0 Å². The highest BCUT2D eigenvalue weighted by Gasteiger charge is 2.23. The highest BCUT2D eigenvalue weighted by atomic mass is 32.1. The average Bonchev–Trinajstić information content (AvgIpc) is 2.87. The van der Waals surface area contributed by atoms with Gasteiger partial charge >= 0.3 is 5.97 Å². The van der Waals surface area contributed by atoms with Gasteiger partial charge < -0.3 is 4.74 Å². The molecule has 5 heteroatoms. The number of fused-ring (bicyclic) bond motifs is 3. The van der Waals surface area contributed by atoms with Gasteiger partial charge in [-0.25, -0.2) is 9.78 Å². The van der Waals surface area contributed by atoms with Crippen LogP contribution in [-0.4, -0.2) is 22.0 Å². The predicted octanol–water partition coefficient (Wildman–Crippen LogP) is 2.06. The van der Waals surface area contributed by atoms with E-state index in [2.05, 4.69) is 4.98 Å². The number of imidazole rings is 1. The highest BCUT2D eigenvalue weighted by Crippen LogP contribution is 2.31. The maximum Gasteiger partial charge on any atom is 0.357 e. The number of aryl methyl sites for hydroxylation is 2. The van der Waals surface area contributed by atoms with Gasteiger partial charge in [0.05, 0.1) is 12.8 Å². The quantitative estimate of drug-likeness (QED) is 0.750. The van der Waals surface area contributed by atoms with Gasteiger partial charge in [-0.15, -0.1) is 11.3 Å². The summed E-state index contributed by atoms with van der Waals surface area (Å²) in [5.74, 6) is -0.275. The van der Waals surface area contributed by atoms with Gasteiger partial charge in [0.2, 0.25) is 0 Å². The molecule has 4 nitrogen and oxygen atoms in total. The van der Waals surface area contributed by atoms with E-state index < -0.39 is 0 Å². The summed E-state index contributed by atoms with van der Waals surface area (Å²) in [4.78, 5) is 18.3. The van der Waals surface area contributed by atoms with Crippen LogP contribution in [0.4, 0.5) is 0 Å². The smallest absolute Gasteiger partial charge is 0.357 e. The van der Waals surface area contributed by atoms with E-state index in [4.69, 9.17) is 4.74 Å². The minimum Gasteiger partial charge on any atom is -0.461 e. The fourth-order valence-electron chi connectivity index (χ4n) is 2.17. The molecule has 1 aliphatic carbocycles. The Morgan fingerprint density at radius 2 is 2.50 bits per heavy atom. The van der Waals surface area contributed by atoms with Crippen LogP contribution < -0.4 is 0 Å². The zero-order valence-electron chi connectivity index (χ0n) is 9.02. The molecule has 0 saturated heterocycles. The molecule has 0 N–H and O–H groups in total. The summed E-state index contributed by atoms with van der Waals surface area (Å²) < 4.78 is 6.99. The lowest BCUT2D eigenvalue weighted by Crippen LogP contribution is -2.08. The molecule has 2 heterocycles. The number of aromatic nitrogens is 2. The van der Waals surface area contributed by atoms with Crippen molar-refractivity contribution in [3.05, 3.63) is 22.5 Å². The lowest BCUT2D eigenvalue weighted by Gasteiger charge is -2.01. The summed E-state index contributed by atoms with van der Waals surface area (Å²) in [6.07, 6.45) is 4.95. The van der Waals surface area contributed by atoms with Gasteiger partial charge in [0.1, 0.15) is 0 Å². The zero-order valence-corrected chi connectivity index (χ0v) is 9.84. The fourth-order valence-corrected chi connectivity index (χ4v) is 3.36. The second kappa shape index (κ2) is 3.59. The Morgan fingerprint density at radius 3 is 3.31 bits per heavy atom. The molecule has 0 aromatic carbocycles. The number of carbonyl (C=O) groups excluding carboxylic acids is 1. The molecule has 84 valence electrons. The number of hydrogen-bond acceptors (Lipinski definition) is 4. The van der Waals surface area contributed by atoms with Crippen LogP contribution in [0.25, 0.3) is 4.96 Å². The van der Waals surface area contributed by atoms with Gasteiger partial charge in [-0.05, 0) is 26.2 Å². The number of rotatable bonds is 2. The maximum atomic E-state index is 11.7. The van der Waals surface area contributed by atoms with Crippen LogP contribution in [0.1, 0.15) is 34.4 Å². The molecule has 3 rings (SSSR count). The molecule has 1 aliphatic rings. The number of thiazole rings is 1. The topological polar surface area (TPSA) is 43.6 Å². The molecule has 2 aromatic heterocycles. The molecule has 0 aliphatic heterocycles. The Bertz CT molecular complexity index is 556. The molecule has 0 amide bonds. The van der Waals surface area contributed by atoms with E-state index >= 15 is 0 Å². The Labute approximate surface area is 96.9 Å². The van der Waals surface area contributed by atoms with Crippen molar-refractivity contribution in [3.63, 3.8) is 0 Å². The van der Waals surface area contributed by atoms with Gasteiger partial charge in [0.25, 0.3) is 0 Å². The van der Waals surface area contributed by atoms with Gasteiger partial charge in [0.15, 0.2) is 10.7 Å². The first kappa shape index (κ1) is 9.84. The summed E-state index contributed by atoms with van der Waals surface area (Å²) in [5.41, 5.74) is 1.82. The first-order chi connectivity index (χ1) is 7.81. The summed E-state index contributed by atoms with van der Waals surface area (Å²) >= 11 is 1.69. The van der Waals surface area contributed by atoms with Crippen molar-refractivity contribution in [2.24, 2.45) is 0 Å². The molecule has 0 unspecified atom stereocenters. The molecule has 0 fully saturated rings. The predicted molar refractivity (Wildman–Crippen MR) is 61.1 cm³/mol. The first-order valence-electron chi connectivity index (χ1n) is 5.46. The van der Waals surface area contributed by atoms with Crippen molar-refractivity contribution in [1.29, 1.82) is 0 Å². The third kappa shape index (κ3) is 1.28. The van der Waals surface area contributed by atoms with E-state index in [1.807, 2.05) is 11.3 Å². The number of ether oxygens (including phenoxy) is 1. The van der Waals surface area contributed by atoms with Crippen molar-refractivity contribution >= 4 is 22.3 Å². The van der Waals surface area contributed by atoms with Crippen LogP contribution in [0.15, 0.2) is 6.20 Å². The summed E-state index contributed by atoms with van der Waals surface area (Å²) in [5, 5.41) is 0. The Kier molecular flexibility index (Phi) is 2.21. The van der Waals surface area contributed by atoms with E-state index in [0.29, 0.717) is 12.3 Å². The average molecular weight is 236 g/mol. The summed E-state index contributed by atoms with van der Waals surface area (Å²) in [7, 11) is 0. The molecule has 0 bridgehead atoms. The molecule has 16 heavy (non-hydrogen) atoms. The Morgan fingerprint density at radius 1 is 1.62 bits per heavy atom. The molecule has 0 saturated carbocycles. The third-order valence-electron chi connectivity index (χ3n) is 2.84. The first-order valence-corrected chi connectivity index (χ1v) is 6.28.